The van der Waals surface area contributed by atoms with Crippen molar-refractivity contribution in [2.75, 3.05) is 6.54 Å². The second-order valence-corrected chi connectivity index (χ2v) is 6.71. The molecule has 0 bridgehead atoms. The first-order chi connectivity index (χ1) is 10.2. The molecular formula is C19H32N2. The van der Waals surface area contributed by atoms with Crippen LogP contribution in [0.15, 0.2) is 24.3 Å². The molecule has 1 saturated carbocycles. The smallest absolute Gasteiger partial charge is 0.0236 e. The van der Waals surface area contributed by atoms with Gasteiger partial charge in [-0.3, -0.25) is 4.90 Å². The maximum absolute atomic E-state index is 3.51. The standard InChI is InChI=1S/C19H32N2/c1-4-21(19-11-6-5-7-12-19)15-18-10-8-9-17(13-18)14-20-16(2)3/h8-10,13,16,19-20H,4-7,11-12,14-15H2,1-3H3. The van der Waals surface area contributed by atoms with Gasteiger partial charge in [-0.25, -0.2) is 0 Å². The van der Waals surface area contributed by atoms with Crippen LogP contribution in [0.3, 0.4) is 0 Å². The van der Waals surface area contributed by atoms with Gasteiger partial charge in [-0.15, -0.1) is 0 Å². The van der Waals surface area contributed by atoms with Crippen molar-refractivity contribution in [1.29, 1.82) is 0 Å². The van der Waals surface area contributed by atoms with Crippen LogP contribution >= 0.6 is 0 Å². The van der Waals surface area contributed by atoms with E-state index in [1.165, 1.54) is 49.8 Å². The van der Waals surface area contributed by atoms with Gasteiger partial charge in [0.2, 0.25) is 0 Å². The number of nitrogens with one attached hydrogen (secondary N) is 1. The van der Waals surface area contributed by atoms with Gasteiger partial charge in [0.25, 0.3) is 0 Å². The normalized spacial score (nSPS) is 16.8. The quantitative estimate of drug-likeness (QED) is 0.803. The summed E-state index contributed by atoms with van der Waals surface area (Å²) in [7, 11) is 0. The molecule has 2 nitrogen and oxygen atoms in total. The highest BCUT2D eigenvalue weighted by molar-refractivity contribution is 5.23. The van der Waals surface area contributed by atoms with Crippen LogP contribution in [0.25, 0.3) is 0 Å². The van der Waals surface area contributed by atoms with Gasteiger partial charge >= 0.3 is 0 Å². The fourth-order valence-corrected chi connectivity index (χ4v) is 3.34. The third-order valence-corrected chi connectivity index (χ3v) is 4.59. The van der Waals surface area contributed by atoms with E-state index in [0.29, 0.717) is 6.04 Å². The molecule has 0 spiro atoms. The van der Waals surface area contributed by atoms with Gasteiger partial charge in [0, 0.05) is 25.2 Å². The summed E-state index contributed by atoms with van der Waals surface area (Å²) in [6.07, 6.45) is 7.05. The van der Waals surface area contributed by atoms with Gasteiger partial charge in [-0.05, 0) is 30.5 Å². The highest BCUT2D eigenvalue weighted by Crippen LogP contribution is 2.24. The molecular weight excluding hydrogens is 256 g/mol. The Morgan fingerprint density at radius 1 is 1.14 bits per heavy atom. The topological polar surface area (TPSA) is 15.3 Å². The highest BCUT2D eigenvalue weighted by atomic mass is 15.1. The summed E-state index contributed by atoms with van der Waals surface area (Å²) in [5.74, 6) is 0. The molecule has 0 radical (unpaired) electrons. The second-order valence-electron chi connectivity index (χ2n) is 6.71. The van der Waals surface area contributed by atoms with Gasteiger partial charge in [-0.1, -0.05) is 64.3 Å². The Balaban J connectivity index is 1.95. The molecule has 0 unspecified atom stereocenters. The maximum atomic E-state index is 3.51. The van der Waals surface area contributed by atoms with Crippen molar-refractivity contribution in [3.63, 3.8) is 0 Å². The Bertz CT molecular complexity index is 408. The zero-order chi connectivity index (χ0) is 15.1. The van der Waals surface area contributed by atoms with Crippen molar-refractivity contribution >= 4 is 0 Å². The molecule has 1 aliphatic carbocycles. The molecule has 0 atom stereocenters. The number of benzene rings is 1. The molecule has 1 aromatic carbocycles. The summed E-state index contributed by atoms with van der Waals surface area (Å²) in [4.78, 5) is 2.67. The SMILES string of the molecule is CCN(Cc1cccc(CNC(C)C)c1)C1CCCCC1. The molecule has 0 saturated heterocycles. The van der Waals surface area contributed by atoms with Crippen molar-refractivity contribution in [2.24, 2.45) is 0 Å². The Kier molecular flexibility index (Phi) is 6.72. The molecule has 1 aliphatic rings. The van der Waals surface area contributed by atoms with E-state index in [4.69, 9.17) is 0 Å². The number of rotatable bonds is 7. The first-order valence-corrected chi connectivity index (χ1v) is 8.74. The molecule has 0 heterocycles. The molecule has 1 aromatic rings. The number of nitrogens with zero attached hydrogens (tertiary/aromatic N) is 1. The van der Waals surface area contributed by atoms with Gasteiger partial charge in [-0.2, -0.15) is 0 Å². The first-order valence-electron chi connectivity index (χ1n) is 8.74. The zero-order valence-corrected chi connectivity index (χ0v) is 14.1. The lowest BCUT2D eigenvalue weighted by molar-refractivity contribution is 0.156. The van der Waals surface area contributed by atoms with Crippen LogP contribution in [0, 0.1) is 0 Å². The van der Waals surface area contributed by atoms with Crippen LogP contribution in [0.5, 0.6) is 0 Å². The third kappa shape index (κ3) is 5.44. The van der Waals surface area contributed by atoms with Crippen molar-refractivity contribution in [3.05, 3.63) is 35.4 Å². The lowest BCUT2D eigenvalue weighted by Crippen LogP contribution is -2.36. The van der Waals surface area contributed by atoms with Gasteiger partial charge in [0.15, 0.2) is 0 Å². The van der Waals surface area contributed by atoms with E-state index in [-0.39, 0.29) is 0 Å². The summed E-state index contributed by atoms with van der Waals surface area (Å²) in [5.41, 5.74) is 2.87. The van der Waals surface area contributed by atoms with Gasteiger partial charge < -0.3 is 5.32 Å². The Morgan fingerprint density at radius 3 is 2.52 bits per heavy atom. The average molecular weight is 288 g/mol. The number of hydrogen-bond acceptors (Lipinski definition) is 2. The lowest BCUT2D eigenvalue weighted by Gasteiger charge is -2.33. The van der Waals surface area contributed by atoms with Crippen molar-refractivity contribution < 1.29 is 0 Å². The highest BCUT2D eigenvalue weighted by Gasteiger charge is 2.19. The van der Waals surface area contributed by atoms with Crippen LogP contribution in [0.1, 0.15) is 64.0 Å². The second kappa shape index (κ2) is 8.55. The van der Waals surface area contributed by atoms with Gasteiger partial charge in [0.1, 0.15) is 0 Å². The first kappa shape index (κ1) is 16.5. The molecule has 118 valence electrons. The average Bonchev–Trinajstić information content (AvgIpc) is 2.52. The summed E-state index contributed by atoms with van der Waals surface area (Å²) < 4.78 is 0. The third-order valence-electron chi connectivity index (χ3n) is 4.59. The van der Waals surface area contributed by atoms with Crippen molar-refractivity contribution in [3.8, 4) is 0 Å². The van der Waals surface area contributed by atoms with E-state index in [0.717, 1.165) is 19.1 Å². The fraction of sp³-hybridized carbons (Fsp3) is 0.684. The molecule has 0 aromatic heterocycles. The molecule has 2 heteroatoms. The van der Waals surface area contributed by atoms with Crippen molar-refractivity contribution in [2.45, 2.75) is 78.0 Å². The molecule has 0 amide bonds. The van der Waals surface area contributed by atoms with E-state index in [1.54, 1.807) is 0 Å². The Labute approximate surface area is 130 Å². The minimum atomic E-state index is 0.544. The molecule has 1 N–H and O–H groups in total. The van der Waals surface area contributed by atoms with E-state index in [1.807, 2.05) is 0 Å². The molecule has 1 fully saturated rings. The fourth-order valence-electron chi connectivity index (χ4n) is 3.34. The van der Waals surface area contributed by atoms with Crippen LogP contribution in [0.4, 0.5) is 0 Å². The van der Waals surface area contributed by atoms with E-state index in [9.17, 15) is 0 Å². The van der Waals surface area contributed by atoms with E-state index < -0.39 is 0 Å². The zero-order valence-electron chi connectivity index (χ0n) is 14.1. The summed E-state index contributed by atoms with van der Waals surface area (Å²) >= 11 is 0. The predicted octanol–water partition coefficient (Wildman–Crippen LogP) is 4.34. The largest absolute Gasteiger partial charge is 0.310 e. The van der Waals surface area contributed by atoms with Gasteiger partial charge in [0.05, 0.1) is 0 Å². The van der Waals surface area contributed by atoms with Crippen LogP contribution in [0.2, 0.25) is 0 Å². The Morgan fingerprint density at radius 2 is 1.86 bits per heavy atom. The predicted molar refractivity (Wildman–Crippen MR) is 91.4 cm³/mol. The summed E-state index contributed by atoms with van der Waals surface area (Å²) in [6.45, 7) is 9.95. The summed E-state index contributed by atoms with van der Waals surface area (Å²) in [5, 5.41) is 3.51. The van der Waals surface area contributed by atoms with Crippen LogP contribution in [-0.2, 0) is 13.1 Å². The molecule has 21 heavy (non-hydrogen) atoms. The van der Waals surface area contributed by atoms with Crippen LogP contribution in [-0.4, -0.2) is 23.5 Å². The molecule has 0 aliphatic heterocycles. The minimum Gasteiger partial charge on any atom is -0.310 e. The van der Waals surface area contributed by atoms with Crippen molar-refractivity contribution in [1.82, 2.24) is 10.2 Å². The van der Waals surface area contributed by atoms with Crippen LogP contribution < -0.4 is 5.32 Å². The maximum Gasteiger partial charge on any atom is 0.0236 e. The van der Waals surface area contributed by atoms with E-state index in [2.05, 4.69) is 55.3 Å². The molecule has 2 rings (SSSR count). The Hall–Kier alpha value is -0.860. The monoisotopic (exact) mass is 288 g/mol. The number of hydrogen-bond donors (Lipinski definition) is 1. The minimum absolute atomic E-state index is 0.544. The van der Waals surface area contributed by atoms with E-state index >= 15 is 0 Å². The lowest BCUT2D eigenvalue weighted by atomic mass is 9.94. The summed E-state index contributed by atoms with van der Waals surface area (Å²) in [6, 6.07) is 10.5.